The van der Waals surface area contributed by atoms with Crippen LogP contribution in [-0.4, -0.2) is 19.6 Å². The molecule has 0 N–H and O–H groups in total. The van der Waals surface area contributed by atoms with E-state index in [0.717, 1.165) is 0 Å². The Hall–Kier alpha value is 0.536. The number of rotatable bonds is 5. The van der Waals surface area contributed by atoms with Gasteiger partial charge in [-0.1, -0.05) is 0 Å². The number of halogens is 2. The summed E-state index contributed by atoms with van der Waals surface area (Å²) in [7, 11) is 0. The molecule has 4 heteroatoms. The van der Waals surface area contributed by atoms with Gasteiger partial charge in [-0.25, -0.2) is 0 Å². The molecule has 78 valence electrons. The Morgan fingerprint density at radius 3 is 2.43 bits per heavy atom. The normalized spacial score (nSPS) is 11.6. The van der Waals surface area contributed by atoms with E-state index in [0.29, 0.717) is 14.3 Å². The van der Waals surface area contributed by atoms with Crippen LogP contribution in [0.3, 0.4) is 0 Å². The standard InChI is InChI=1S/C10H14Cl2SeSi/c1-2-3-9-13-14(11,12)10-7-5-4-6-8-10/h4-8H,2-3,9H2,1H3. The number of unbranched alkanes of at least 4 members (excludes halogenated alkanes) is 1. The molecular formula is C10H14Cl2SeSi. The molecule has 0 aliphatic heterocycles. The molecule has 0 bridgehead atoms. The van der Waals surface area contributed by atoms with Gasteiger partial charge in [0.1, 0.15) is 0 Å². The fourth-order valence-electron chi connectivity index (χ4n) is 1.06. The first kappa shape index (κ1) is 12.6. The minimum atomic E-state index is -2.11. The third kappa shape index (κ3) is 3.96. The Morgan fingerprint density at radius 1 is 1.21 bits per heavy atom. The predicted molar refractivity (Wildman–Crippen MR) is 69.0 cm³/mol. The van der Waals surface area contributed by atoms with E-state index in [1.165, 1.54) is 23.3 Å². The summed E-state index contributed by atoms with van der Waals surface area (Å²) in [6.07, 6.45) is 2.48. The SMILES string of the molecule is CCCC[Se][Si](Cl)(Cl)c1ccccc1. The van der Waals surface area contributed by atoms with Crippen molar-refractivity contribution in [2.45, 2.75) is 25.1 Å². The zero-order valence-electron chi connectivity index (χ0n) is 8.17. The second-order valence-corrected chi connectivity index (χ2v) is 18.5. The molecular weight excluding hydrogens is 298 g/mol. The van der Waals surface area contributed by atoms with E-state index in [9.17, 15) is 0 Å². The van der Waals surface area contributed by atoms with Crippen molar-refractivity contribution < 1.29 is 0 Å². The Balaban J connectivity index is 2.56. The molecule has 14 heavy (non-hydrogen) atoms. The first-order chi connectivity index (χ1) is 6.67. The molecule has 0 fully saturated rings. The van der Waals surface area contributed by atoms with Gasteiger partial charge in [-0.3, -0.25) is 0 Å². The van der Waals surface area contributed by atoms with Crippen molar-refractivity contribution in [3.8, 4) is 0 Å². The van der Waals surface area contributed by atoms with Gasteiger partial charge in [0.15, 0.2) is 0 Å². The summed E-state index contributed by atoms with van der Waals surface area (Å²) in [6, 6.07) is 10.1. The molecule has 0 aliphatic rings. The van der Waals surface area contributed by atoms with Gasteiger partial charge in [-0.2, -0.15) is 0 Å². The van der Waals surface area contributed by atoms with E-state index >= 15 is 0 Å². The van der Waals surface area contributed by atoms with Gasteiger partial charge in [0.05, 0.1) is 0 Å². The van der Waals surface area contributed by atoms with E-state index in [1.54, 1.807) is 0 Å². The summed E-state index contributed by atoms with van der Waals surface area (Å²) < 4.78 is 0. The molecule has 1 aromatic rings. The zero-order chi connectivity index (χ0) is 10.4. The van der Waals surface area contributed by atoms with Gasteiger partial charge in [0.25, 0.3) is 0 Å². The molecule has 0 aliphatic carbocycles. The van der Waals surface area contributed by atoms with Crippen molar-refractivity contribution in [2.75, 3.05) is 0 Å². The van der Waals surface area contributed by atoms with Crippen LogP contribution in [0, 0.1) is 0 Å². The molecule has 1 aromatic carbocycles. The zero-order valence-corrected chi connectivity index (χ0v) is 12.4. The molecule has 0 nitrogen and oxygen atoms in total. The maximum absolute atomic E-state index is 6.43. The van der Waals surface area contributed by atoms with Crippen LogP contribution in [0.2, 0.25) is 5.32 Å². The van der Waals surface area contributed by atoms with Gasteiger partial charge in [-0.15, -0.1) is 0 Å². The summed E-state index contributed by atoms with van der Waals surface area (Å²) in [4.78, 5) is 0. The maximum atomic E-state index is 6.43. The molecule has 0 aromatic heterocycles. The van der Waals surface area contributed by atoms with Gasteiger partial charge in [0.2, 0.25) is 0 Å². The van der Waals surface area contributed by atoms with E-state index in [1.807, 2.05) is 18.2 Å². The van der Waals surface area contributed by atoms with E-state index in [-0.39, 0.29) is 0 Å². The van der Waals surface area contributed by atoms with Gasteiger partial charge in [0, 0.05) is 0 Å². The van der Waals surface area contributed by atoms with Crippen molar-refractivity contribution >= 4 is 47.0 Å². The molecule has 0 saturated carbocycles. The quantitative estimate of drug-likeness (QED) is 0.445. The monoisotopic (exact) mass is 312 g/mol. The summed E-state index contributed by atoms with van der Waals surface area (Å²) in [6.45, 7) is 2.20. The topological polar surface area (TPSA) is 0 Å². The van der Waals surface area contributed by atoms with Crippen LogP contribution < -0.4 is 5.19 Å². The van der Waals surface area contributed by atoms with Crippen molar-refractivity contribution in [2.24, 2.45) is 0 Å². The molecule has 0 saturated heterocycles. The summed E-state index contributed by atoms with van der Waals surface area (Å²) >= 11 is 13.3. The van der Waals surface area contributed by atoms with Crippen molar-refractivity contribution in [3.63, 3.8) is 0 Å². The van der Waals surface area contributed by atoms with Gasteiger partial charge >= 0.3 is 102 Å². The number of benzene rings is 1. The van der Waals surface area contributed by atoms with E-state index in [2.05, 4.69) is 19.1 Å². The Morgan fingerprint density at radius 2 is 1.86 bits per heavy atom. The molecule has 0 unspecified atom stereocenters. The van der Waals surface area contributed by atoms with Crippen molar-refractivity contribution in [1.29, 1.82) is 0 Å². The molecule has 0 radical (unpaired) electrons. The van der Waals surface area contributed by atoms with Gasteiger partial charge in [-0.05, 0) is 0 Å². The van der Waals surface area contributed by atoms with Crippen LogP contribution in [0.15, 0.2) is 30.3 Å². The molecule has 0 amide bonds. The molecule has 1 rings (SSSR count). The fourth-order valence-corrected chi connectivity index (χ4v) is 10.4. The summed E-state index contributed by atoms with van der Waals surface area (Å²) in [5, 5.41) is 0.262. The van der Waals surface area contributed by atoms with Crippen LogP contribution in [0.5, 0.6) is 0 Å². The first-order valence-corrected chi connectivity index (χ1v) is 12.5. The van der Waals surface area contributed by atoms with E-state index < -0.39 is 5.30 Å². The van der Waals surface area contributed by atoms with Gasteiger partial charge < -0.3 is 0 Å². The van der Waals surface area contributed by atoms with Crippen molar-refractivity contribution in [1.82, 2.24) is 0 Å². The van der Waals surface area contributed by atoms with Crippen molar-refractivity contribution in [3.05, 3.63) is 30.3 Å². The number of hydrogen-bond acceptors (Lipinski definition) is 0. The second-order valence-electron chi connectivity index (χ2n) is 3.08. The third-order valence-corrected chi connectivity index (χ3v) is 13.8. The third-order valence-electron chi connectivity index (χ3n) is 1.89. The Bertz CT molecular complexity index is 264. The summed E-state index contributed by atoms with van der Waals surface area (Å²) in [5.74, 6) is 0. The van der Waals surface area contributed by atoms with Crippen LogP contribution >= 0.6 is 22.2 Å². The van der Waals surface area contributed by atoms with Crippen LogP contribution in [0.1, 0.15) is 19.8 Å². The fraction of sp³-hybridized carbons (Fsp3) is 0.400. The molecule has 0 atom stereocenters. The molecule has 0 heterocycles. The predicted octanol–water partition coefficient (Wildman–Crippen LogP) is 3.23. The second kappa shape index (κ2) is 6.19. The molecule has 0 spiro atoms. The average Bonchev–Trinajstić information content (AvgIpc) is 2.19. The van der Waals surface area contributed by atoms with Crippen LogP contribution in [0.4, 0.5) is 0 Å². The van der Waals surface area contributed by atoms with Crippen LogP contribution in [0.25, 0.3) is 0 Å². The summed E-state index contributed by atoms with van der Waals surface area (Å²) in [5.41, 5.74) is 0. The average molecular weight is 312 g/mol. The Labute approximate surface area is 102 Å². The minimum absolute atomic E-state index is 0.396. The number of hydrogen-bond donors (Lipinski definition) is 0. The van der Waals surface area contributed by atoms with Crippen LogP contribution in [-0.2, 0) is 0 Å². The van der Waals surface area contributed by atoms with E-state index in [4.69, 9.17) is 22.2 Å². The first-order valence-electron chi connectivity index (χ1n) is 4.74. The Kier molecular flexibility index (Phi) is 5.57.